The summed E-state index contributed by atoms with van der Waals surface area (Å²) in [5, 5.41) is 0. The third-order valence-electron chi connectivity index (χ3n) is 1.02. The Morgan fingerprint density at radius 3 is 1.64 bits per heavy atom. The minimum atomic E-state index is 0.579. The molecule has 62 valence electrons. The van der Waals surface area contributed by atoms with Crippen LogP contribution < -0.4 is 0 Å². The van der Waals surface area contributed by atoms with E-state index in [-0.39, 0.29) is 0 Å². The maximum absolute atomic E-state index is 4.76. The Labute approximate surface area is 97.0 Å². The van der Waals surface area contributed by atoms with E-state index in [1.807, 2.05) is 18.7 Å². The number of thiocarbonyl (C=S) groups is 1. The van der Waals surface area contributed by atoms with Gasteiger partial charge in [0, 0.05) is 13.1 Å². The van der Waals surface area contributed by atoms with Crippen molar-refractivity contribution < 1.29 is 25.8 Å². The molecule has 0 aliphatic carbocycles. The fourth-order valence-electron chi connectivity index (χ4n) is 0.482. The Hall–Kier alpha value is 1.03. The van der Waals surface area contributed by atoms with E-state index in [0.29, 0.717) is 4.32 Å². The van der Waals surface area contributed by atoms with Crippen molar-refractivity contribution in [2.45, 2.75) is 24.8 Å². The Morgan fingerprint density at radius 2 is 1.64 bits per heavy atom. The summed E-state index contributed by atoms with van der Waals surface area (Å²) in [6, 6.07) is 0. The standard InChI is InChI=1S/C5H11NS2.C2H5.Cd/c1-3-6(4-2)5(7)8;1-2;/h3-4H2,1-2H3,(H,7,8);1H2,2H3;/q;;+1/p-1. The van der Waals surface area contributed by atoms with E-state index in [1.54, 1.807) is 0 Å². The molecule has 0 N–H and O–H groups in total. The third-order valence-corrected chi connectivity index (χ3v) is 1.54. The molecule has 0 aromatic rings. The second-order valence-electron chi connectivity index (χ2n) is 1.94. The van der Waals surface area contributed by atoms with Gasteiger partial charge in [-0.15, -0.1) is 0 Å². The first-order valence-electron chi connectivity index (χ1n) is 3.89. The Kier molecular flexibility index (Phi) is 14.6. The van der Waals surface area contributed by atoms with Crippen LogP contribution in [0.1, 0.15) is 20.8 Å². The van der Waals surface area contributed by atoms with E-state index in [1.165, 1.54) is 29.7 Å². The summed E-state index contributed by atoms with van der Waals surface area (Å²) in [7, 11) is 0. The van der Waals surface area contributed by atoms with Crippen LogP contribution in [0.25, 0.3) is 0 Å². The van der Waals surface area contributed by atoms with Gasteiger partial charge < -0.3 is 29.7 Å². The molecule has 0 bridgehead atoms. The van der Waals surface area contributed by atoms with E-state index in [4.69, 9.17) is 24.8 Å². The van der Waals surface area contributed by atoms with Crippen molar-refractivity contribution in [1.29, 1.82) is 0 Å². The first-order valence-corrected chi connectivity index (χ1v) is 7.56. The molecule has 0 rings (SSSR count). The van der Waals surface area contributed by atoms with Crippen LogP contribution in [0.5, 0.6) is 0 Å². The Bertz CT molecular complexity index is 94.4. The molecule has 0 heterocycles. The van der Waals surface area contributed by atoms with Gasteiger partial charge in [-0.2, -0.15) is 0 Å². The Balaban J connectivity index is 0. The van der Waals surface area contributed by atoms with Gasteiger partial charge in [0.1, 0.15) is 0 Å². The molecule has 0 aliphatic rings. The molecule has 0 unspecified atom stereocenters. The molecule has 0 saturated carbocycles. The molecule has 0 atom stereocenters. The van der Waals surface area contributed by atoms with Gasteiger partial charge in [0.25, 0.3) is 0 Å². The quantitative estimate of drug-likeness (QED) is 0.436. The van der Waals surface area contributed by atoms with Gasteiger partial charge in [0.15, 0.2) is 0 Å². The molecule has 4 heteroatoms. The summed E-state index contributed by atoms with van der Waals surface area (Å²) in [4.78, 5) is 1.96. The topological polar surface area (TPSA) is 3.24 Å². The van der Waals surface area contributed by atoms with E-state index >= 15 is 0 Å². The van der Waals surface area contributed by atoms with E-state index in [9.17, 15) is 0 Å². The van der Waals surface area contributed by atoms with Gasteiger partial charge >= 0.3 is 36.7 Å². The molecule has 0 fully saturated rings. The van der Waals surface area contributed by atoms with Crippen LogP contribution in [0.4, 0.5) is 0 Å². The van der Waals surface area contributed by atoms with Crippen LogP contribution in [0, 0.1) is 0 Å². The predicted octanol–water partition coefficient (Wildman–Crippen LogP) is 2.13. The summed E-state index contributed by atoms with van der Waals surface area (Å²) in [5.74, 6) is 0. The minimum absolute atomic E-state index is 0.579. The second kappa shape index (κ2) is 11.0. The van der Waals surface area contributed by atoms with E-state index in [0.717, 1.165) is 13.1 Å². The average molecular weight is 290 g/mol. The molecule has 0 aromatic carbocycles. The van der Waals surface area contributed by atoms with Crippen molar-refractivity contribution in [2.75, 3.05) is 13.1 Å². The van der Waals surface area contributed by atoms with Crippen LogP contribution in [0.2, 0.25) is 3.98 Å². The molecular formula is C7H15CdNS2. The van der Waals surface area contributed by atoms with Crippen molar-refractivity contribution in [1.82, 2.24) is 4.90 Å². The fourth-order valence-corrected chi connectivity index (χ4v) is 0.998. The van der Waals surface area contributed by atoms with Crippen LogP contribution in [-0.2, 0) is 38.4 Å². The molecule has 11 heavy (non-hydrogen) atoms. The second-order valence-corrected chi connectivity index (χ2v) is 5.82. The number of hydrogen-bond donors (Lipinski definition) is 0. The SMILES string of the molecule is CCN(CC)C(=S)[S-].C[CH2][Cd+]. The first kappa shape index (κ1) is 14.6. The van der Waals surface area contributed by atoms with Gasteiger partial charge in [0.2, 0.25) is 0 Å². The van der Waals surface area contributed by atoms with E-state index in [2.05, 4.69) is 6.92 Å². The van der Waals surface area contributed by atoms with Crippen molar-refractivity contribution >= 4 is 29.2 Å². The predicted molar refractivity (Wildman–Crippen MR) is 53.4 cm³/mol. The zero-order valence-corrected chi connectivity index (χ0v) is 13.3. The summed E-state index contributed by atoms with van der Waals surface area (Å²) in [6.45, 7) is 8.15. The van der Waals surface area contributed by atoms with Crippen LogP contribution >= 0.6 is 12.2 Å². The Morgan fingerprint density at radius 1 is 1.36 bits per heavy atom. The monoisotopic (exact) mass is 291 g/mol. The summed E-state index contributed by atoms with van der Waals surface area (Å²) >= 11 is 10.7. The maximum atomic E-state index is 4.76. The average Bonchev–Trinajstić information content (AvgIpc) is 1.91. The van der Waals surface area contributed by atoms with Crippen molar-refractivity contribution in [3.8, 4) is 0 Å². The fraction of sp³-hybridized carbons (Fsp3) is 0.857. The number of nitrogens with zero attached hydrogens (tertiary/aromatic N) is 1. The summed E-state index contributed by atoms with van der Waals surface area (Å²) in [5.41, 5.74) is 0. The van der Waals surface area contributed by atoms with Gasteiger partial charge in [-0.1, -0.05) is 4.32 Å². The molecule has 0 spiro atoms. The van der Waals surface area contributed by atoms with Crippen LogP contribution in [0.15, 0.2) is 0 Å². The van der Waals surface area contributed by atoms with Gasteiger partial charge in [0.05, 0.1) is 0 Å². The molecule has 0 amide bonds. The zero-order chi connectivity index (χ0) is 9.28. The molecule has 0 aliphatic heterocycles. The molecule has 0 saturated heterocycles. The van der Waals surface area contributed by atoms with Gasteiger partial charge in [-0.05, 0) is 13.8 Å². The van der Waals surface area contributed by atoms with Gasteiger partial charge in [-0.3, -0.25) is 0 Å². The van der Waals surface area contributed by atoms with Gasteiger partial charge in [-0.25, -0.2) is 0 Å². The summed E-state index contributed by atoms with van der Waals surface area (Å²) in [6.07, 6.45) is 0. The molecule has 0 aromatic heterocycles. The normalized spacial score (nSPS) is 8.09. The van der Waals surface area contributed by atoms with Crippen LogP contribution in [0.3, 0.4) is 0 Å². The van der Waals surface area contributed by atoms with Crippen molar-refractivity contribution in [3.63, 3.8) is 0 Å². The number of hydrogen-bond acceptors (Lipinski definition) is 2. The first-order chi connectivity index (χ1) is 5.13. The molecular weight excluding hydrogens is 275 g/mol. The summed E-state index contributed by atoms with van der Waals surface area (Å²) < 4.78 is 2.00. The van der Waals surface area contributed by atoms with Crippen molar-refractivity contribution in [2.24, 2.45) is 0 Å². The third kappa shape index (κ3) is 11.0. The zero-order valence-electron chi connectivity index (χ0n) is 7.59. The molecule has 0 radical (unpaired) electrons. The van der Waals surface area contributed by atoms with E-state index < -0.39 is 0 Å². The van der Waals surface area contributed by atoms with Crippen molar-refractivity contribution in [3.05, 3.63) is 0 Å². The van der Waals surface area contributed by atoms with Crippen LogP contribution in [-0.4, -0.2) is 22.3 Å². The molecule has 1 nitrogen and oxygen atoms in total. The number of rotatable bonds is 2.